The number of aryl methyl sites for hydroxylation is 1. The Hall–Kier alpha value is -3.25. The monoisotopic (exact) mass is 432 g/mol. The number of amides is 2. The van der Waals surface area contributed by atoms with Gasteiger partial charge in [-0.05, 0) is 43.4 Å². The molecule has 158 valence electrons. The maximum Gasteiger partial charge on any atom is 0.256 e. The van der Waals surface area contributed by atoms with Crippen LogP contribution in [0.4, 0.5) is 5.00 Å². The lowest BCUT2D eigenvalue weighted by molar-refractivity contribution is 0.0962. The highest BCUT2D eigenvalue weighted by molar-refractivity contribution is 7.17. The molecule has 1 aliphatic carbocycles. The van der Waals surface area contributed by atoms with Crippen molar-refractivity contribution in [3.05, 3.63) is 87.3 Å². The smallest absolute Gasteiger partial charge is 0.256 e. The number of anilines is 1. The van der Waals surface area contributed by atoms with E-state index in [-0.39, 0.29) is 17.6 Å². The van der Waals surface area contributed by atoms with Crippen LogP contribution in [-0.2, 0) is 12.8 Å². The first-order valence-electron chi connectivity index (χ1n) is 10.5. The van der Waals surface area contributed by atoms with Gasteiger partial charge < -0.3 is 10.6 Å². The summed E-state index contributed by atoms with van der Waals surface area (Å²) < 4.78 is 0. The first kappa shape index (κ1) is 21.0. The average Bonchev–Trinajstić information content (AvgIpc) is 2.98. The van der Waals surface area contributed by atoms with Gasteiger partial charge in [-0.25, -0.2) is 0 Å². The standard InChI is InChI=1S/C25H24N2O3S/c1-26-24(30)21-19-10-6-3-7-11-20(19)31-25(21)27-23(29)18-14-12-17(13-15-18)22(28)16-8-4-2-5-9-16/h2,4-5,8-9,12-15H,3,6-7,10-11H2,1H3,(H,26,30)(H,27,29). The fourth-order valence-corrected chi connectivity index (χ4v) is 5.18. The topological polar surface area (TPSA) is 75.3 Å². The molecular formula is C25H24N2O3S. The molecule has 1 aliphatic rings. The number of hydrogen-bond acceptors (Lipinski definition) is 4. The van der Waals surface area contributed by atoms with Gasteiger partial charge in [0.25, 0.3) is 11.8 Å². The lowest BCUT2D eigenvalue weighted by Crippen LogP contribution is -2.21. The first-order chi connectivity index (χ1) is 15.1. The van der Waals surface area contributed by atoms with Crippen LogP contribution in [-0.4, -0.2) is 24.6 Å². The fraction of sp³-hybridized carbons (Fsp3) is 0.240. The summed E-state index contributed by atoms with van der Waals surface area (Å²) in [6.45, 7) is 0. The van der Waals surface area contributed by atoms with Crippen LogP contribution in [0.2, 0.25) is 0 Å². The predicted octanol–water partition coefficient (Wildman–Crippen LogP) is 4.86. The van der Waals surface area contributed by atoms with Gasteiger partial charge in [0.05, 0.1) is 5.56 Å². The second kappa shape index (κ2) is 9.27. The molecule has 0 atom stereocenters. The van der Waals surface area contributed by atoms with Crippen LogP contribution in [0, 0.1) is 0 Å². The van der Waals surface area contributed by atoms with E-state index in [1.165, 1.54) is 16.2 Å². The third-order valence-electron chi connectivity index (χ3n) is 5.55. The number of ketones is 1. The summed E-state index contributed by atoms with van der Waals surface area (Å²) in [6, 6.07) is 15.6. The Morgan fingerprint density at radius 1 is 0.774 bits per heavy atom. The molecule has 5 nitrogen and oxygen atoms in total. The molecule has 2 N–H and O–H groups in total. The number of fused-ring (bicyclic) bond motifs is 1. The van der Waals surface area contributed by atoms with Gasteiger partial charge in [0.2, 0.25) is 0 Å². The van der Waals surface area contributed by atoms with Crippen LogP contribution in [0.15, 0.2) is 54.6 Å². The molecule has 6 heteroatoms. The van der Waals surface area contributed by atoms with Gasteiger partial charge in [-0.2, -0.15) is 0 Å². The van der Waals surface area contributed by atoms with Gasteiger partial charge in [0, 0.05) is 28.6 Å². The summed E-state index contributed by atoms with van der Waals surface area (Å²) in [6.07, 6.45) is 5.12. The quantitative estimate of drug-likeness (QED) is 0.447. The Balaban J connectivity index is 1.56. The van der Waals surface area contributed by atoms with Gasteiger partial charge in [-0.1, -0.05) is 48.9 Å². The highest BCUT2D eigenvalue weighted by Crippen LogP contribution is 2.37. The summed E-state index contributed by atoms with van der Waals surface area (Å²) in [5, 5.41) is 6.24. The molecule has 0 saturated carbocycles. The van der Waals surface area contributed by atoms with Gasteiger partial charge in [-0.3, -0.25) is 14.4 Å². The lowest BCUT2D eigenvalue weighted by Gasteiger charge is -2.08. The molecule has 31 heavy (non-hydrogen) atoms. The maximum atomic E-state index is 12.9. The summed E-state index contributed by atoms with van der Waals surface area (Å²) >= 11 is 1.50. The third kappa shape index (κ3) is 4.44. The van der Waals surface area contributed by atoms with Crippen molar-refractivity contribution in [1.29, 1.82) is 0 Å². The minimum absolute atomic E-state index is 0.0866. The second-order valence-corrected chi connectivity index (χ2v) is 8.68. The van der Waals surface area contributed by atoms with E-state index in [9.17, 15) is 14.4 Å². The lowest BCUT2D eigenvalue weighted by atomic mass is 10.0. The number of carbonyl (C=O) groups excluding carboxylic acids is 3. The molecule has 0 spiro atoms. The van der Waals surface area contributed by atoms with Crippen molar-refractivity contribution in [1.82, 2.24) is 5.32 Å². The van der Waals surface area contributed by atoms with Crippen molar-refractivity contribution >= 4 is 33.9 Å². The third-order valence-corrected chi connectivity index (χ3v) is 6.75. The Morgan fingerprint density at radius 2 is 1.42 bits per heavy atom. The summed E-state index contributed by atoms with van der Waals surface area (Å²) in [7, 11) is 1.61. The number of nitrogens with one attached hydrogen (secondary N) is 2. The van der Waals surface area contributed by atoms with E-state index in [1.54, 1.807) is 43.4 Å². The zero-order chi connectivity index (χ0) is 21.8. The zero-order valence-corrected chi connectivity index (χ0v) is 18.2. The molecule has 0 saturated heterocycles. The number of carbonyl (C=O) groups is 3. The zero-order valence-electron chi connectivity index (χ0n) is 17.4. The Bertz CT molecular complexity index is 1120. The Kier molecular flexibility index (Phi) is 6.28. The molecule has 0 radical (unpaired) electrons. The average molecular weight is 433 g/mol. The molecular weight excluding hydrogens is 408 g/mol. The molecule has 1 heterocycles. The Labute approximate surface area is 185 Å². The highest BCUT2D eigenvalue weighted by atomic mass is 32.1. The molecule has 0 aliphatic heterocycles. The number of hydrogen-bond donors (Lipinski definition) is 2. The van der Waals surface area contributed by atoms with E-state index in [0.717, 1.165) is 37.7 Å². The molecule has 0 unspecified atom stereocenters. The Morgan fingerprint density at radius 3 is 2.13 bits per heavy atom. The van der Waals surface area contributed by atoms with Crippen molar-refractivity contribution in [3.63, 3.8) is 0 Å². The van der Waals surface area contributed by atoms with Crippen LogP contribution >= 0.6 is 11.3 Å². The largest absolute Gasteiger partial charge is 0.355 e. The van der Waals surface area contributed by atoms with Crippen molar-refractivity contribution in [2.24, 2.45) is 0 Å². The van der Waals surface area contributed by atoms with E-state index in [2.05, 4.69) is 10.6 Å². The van der Waals surface area contributed by atoms with Gasteiger partial charge >= 0.3 is 0 Å². The van der Waals surface area contributed by atoms with Crippen molar-refractivity contribution in [2.75, 3.05) is 12.4 Å². The molecule has 1 aromatic heterocycles. The molecule has 2 aromatic carbocycles. The van der Waals surface area contributed by atoms with E-state index in [4.69, 9.17) is 0 Å². The summed E-state index contributed by atoms with van der Waals surface area (Å²) in [5.41, 5.74) is 3.23. The van der Waals surface area contributed by atoms with Gasteiger partial charge in [0.1, 0.15) is 5.00 Å². The van der Waals surface area contributed by atoms with E-state index in [1.807, 2.05) is 18.2 Å². The first-order valence-corrected chi connectivity index (χ1v) is 11.3. The normalized spacial score (nSPS) is 13.1. The van der Waals surface area contributed by atoms with Crippen LogP contribution in [0.5, 0.6) is 0 Å². The van der Waals surface area contributed by atoms with Crippen LogP contribution < -0.4 is 10.6 Å². The number of thiophene rings is 1. The summed E-state index contributed by atoms with van der Waals surface area (Å²) in [5.74, 6) is -0.546. The predicted molar refractivity (Wildman–Crippen MR) is 123 cm³/mol. The van der Waals surface area contributed by atoms with Crippen LogP contribution in [0.1, 0.15) is 66.3 Å². The number of rotatable bonds is 5. The highest BCUT2D eigenvalue weighted by Gasteiger charge is 2.25. The fourth-order valence-electron chi connectivity index (χ4n) is 3.90. The van der Waals surface area contributed by atoms with Crippen LogP contribution in [0.3, 0.4) is 0 Å². The van der Waals surface area contributed by atoms with Crippen molar-refractivity contribution in [2.45, 2.75) is 32.1 Å². The van der Waals surface area contributed by atoms with E-state index >= 15 is 0 Å². The molecule has 4 rings (SSSR count). The number of benzene rings is 2. The second-order valence-electron chi connectivity index (χ2n) is 7.57. The molecule has 3 aromatic rings. The van der Waals surface area contributed by atoms with E-state index in [0.29, 0.717) is 27.3 Å². The summed E-state index contributed by atoms with van der Waals surface area (Å²) in [4.78, 5) is 39.2. The van der Waals surface area contributed by atoms with Crippen molar-refractivity contribution < 1.29 is 14.4 Å². The van der Waals surface area contributed by atoms with E-state index < -0.39 is 0 Å². The molecule has 0 bridgehead atoms. The minimum Gasteiger partial charge on any atom is -0.355 e. The van der Waals surface area contributed by atoms with Crippen molar-refractivity contribution in [3.8, 4) is 0 Å². The van der Waals surface area contributed by atoms with Gasteiger partial charge in [0.15, 0.2) is 5.78 Å². The minimum atomic E-state index is -0.291. The van der Waals surface area contributed by atoms with Gasteiger partial charge in [-0.15, -0.1) is 11.3 Å². The molecule has 2 amide bonds. The van der Waals surface area contributed by atoms with Crippen LogP contribution in [0.25, 0.3) is 0 Å². The maximum absolute atomic E-state index is 12.9. The SMILES string of the molecule is CNC(=O)c1c(NC(=O)c2ccc(C(=O)c3ccccc3)cc2)sc2c1CCCCC2. The molecule has 0 fully saturated rings.